The minimum Gasteiger partial charge on any atom is -0.454 e. The van der Waals surface area contributed by atoms with Gasteiger partial charge in [0.15, 0.2) is 11.5 Å². The molecule has 1 atom stereocenters. The summed E-state index contributed by atoms with van der Waals surface area (Å²) in [6, 6.07) is 19.2. The highest BCUT2D eigenvalue weighted by atomic mass is 32.1. The third-order valence-corrected chi connectivity index (χ3v) is 6.48. The van der Waals surface area contributed by atoms with Gasteiger partial charge in [0.25, 0.3) is 5.79 Å². The minimum atomic E-state index is -2.01. The molecule has 3 aromatic carbocycles. The number of aromatic nitrogens is 2. The molecule has 6 rings (SSSR count). The van der Waals surface area contributed by atoms with E-state index in [2.05, 4.69) is 14.8 Å². The second kappa shape index (κ2) is 7.66. The minimum absolute atomic E-state index is 0.103. The number of cyclic esters (lactones) is 1. The molecule has 2 aliphatic rings. The van der Waals surface area contributed by atoms with Gasteiger partial charge in [0.05, 0.1) is 28.9 Å². The van der Waals surface area contributed by atoms with Crippen LogP contribution < -0.4 is 9.47 Å². The molecule has 0 fully saturated rings. The molecule has 1 N–H and O–H groups in total. The highest BCUT2D eigenvalue weighted by Gasteiger charge is 2.48. The van der Waals surface area contributed by atoms with Crippen LogP contribution in [0, 0.1) is 11.3 Å². The average molecular weight is 469 g/mol. The molecule has 34 heavy (non-hydrogen) atoms. The summed E-state index contributed by atoms with van der Waals surface area (Å²) in [5.74, 6) is -1.56. The van der Waals surface area contributed by atoms with Crippen molar-refractivity contribution in [2.75, 3.05) is 6.79 Å². The Bertz CT molecular complexity index is 1540. The molecule has 0 radical (unpaired) electrons. The zero-order valence-electron chi connectivity index (χ0n) is 17.5. The van der Waals surface area contributed by atoms with Crippen molar-refractivity contribution in [3.8, 4) is 17.6 Å². The zero-order chi connectivity index (χ0) is 23.3. The first-order chi connectivity index (χ1) is 16.5. The van der Waals surface area contributed by atoms with Crippen LogP contribution in [-0.2, 0) is 21.7 Å². The van der Waals surface area contributed by atoms with Crippen molar-refractivity contribution < 1.29 is 24.1 Å². The topological polar surface area (TPSA) is 115 Å². The van der Waals surface area contributed by atoms with Gasteiger partial charge < -0.3 is 19.3 Å². The Morgan fingerprint density at radius 3 is 2.62 bits per heavy atom. The fourth-order valence-corrected chi connectivity index (χ4v) is 4.75. The number of rotatable bonds is 4. The van der Waals surface area contributed by atoms with Gasteiger partial charge in [-0.25, -0.2) is 4.79 Å². The summed E-state index contributed by atoms with van der Waals surface area (Å²) in [7, 11) is 0. The van der Waals surface area contributed by atoms with Gasteiger partial charge in [0.2, 0.25) is 6.79 Å². The molecule has 2 aliphatic heterocycles. The highest BCUT2D eigenvalue weighted by Crippen LogP contribution is 2.46. The second-order valence-corrected chi connectivity index (χ2v) is 8.44. The molecule has 3 heterocycles. The number of ether oxygens (including phenoxy) is 3. The van der Waals surface area contributed by atoms with Gasteiger partial charge in [0.1, 0.15) is 11.0 Å². The molecule has 0 aliphatic carbocycles. The highest BCUT2D eigenvalue weighted by molar-refractivity contribution is 7.00. The summed E-state index contributed by atoms with van der Waals surface area (Å²) in [6.07, 6.45) is 0.222. The molecule has 1 unspecified atom stereocenters. The van der Waals surface area contributed by atoms with Crippen LogP contribution in [0.4, 0.5) is 0 Å². The van der Waals surface area contributed by atoms with Crippen molar-refractivity contribution in [1.29, 1.82) is 5.26 Å². The fourth-order valence-electron chi connectivity index (χ4n) is 4.24. The molecule has 0 spiro atoms. The van der Waals surface area contributed by atoms with Crippen molar-refractivity contribution >= 4 is 34.3 Å². The molecule has 0 saturated carbocycles. The predicted octanol–water partition coefficient (Wildman–Crippen LogP) is 3.69. The van der Waals surface area contributed by atoms with Gasteiger partial charge in [-0.3, -0.25) is 0 Å². The standard InChI is InChI=1S/C25H15N3O5S/c26-12-14-1-5-17(6-2-14)25(30)18(9-15-3-7-19-20(10-15)28-34-27-19)23(24(29)33-25)16-4-8-21-22(11-16)32-13-31-21/h1-8,10-11,30H,9,13H2. The Morgan fingerprint density at radius 1 is 1.00 bits per heavy atom. The van der Waals surface area contributed by atoms with Crippen LogP contribution in [-0.4, -0.2) is 26.6 Å². The molecule has 0 amide bonds. The summed E-state index contributed by atoms with van der Waals surface area (Å²) in [5, 5.41) is 20.9. The Labute approximate surface area is 197 Å². The SMILES string of the molecule is N#Cc1ccc(C2(O)OC(=O)C(c3ccc4c(c3)OCO4)=C2Cc2ccc3nsnc3c2)cc1. The van der Waals surface area contributed by atoms with E-state index in [1.807, 2.05) is 18.2 Å². The molecule has 0 bridgehead atoms. The monoisotopic (exact) mass is 469 g/mol. The predicted molar refractivity (Wildman–Crippen MR) is 122 cm³/mol. The quantitative estimate of drug-likeness (QED) is 0.450. The average Bonchev–Trinajstić information content (AvgIpc) is 3.57. The summed E-state index contributed by atoms with van der Waals surface area (Å²) in [5.41, 5.74) is 4.30. The molecule has 8 nitrogen and oxygen atoms in total. The van der Waals surface area contributed by atoms with Crippen molar-refractivity contribution in [2.24, 2.45) is 0 Å². The second-order valence-electron chi connectivity index (χ2n) is 7.91. The summed E-state index contributed by atoms with van der Waals surface area (Å²) < 4.78 is 25.0. The fraction of sp³-hybridized carbons (Fsp3) is 0.120. The molecule has 4 aromatic rings. The van der Waals surface area contributed by atoms with Gasteiger partial charge in [0, 0.05) is 17.6 Å². The summed E-state index contributed by atoms with van der Waals surface area (Å²) in [6.45, 7) is 0.103. The summed E-state index contributed by atoms with van der Waals surface area (Å²) in [4.78, 5) is 13.2. The number of nitriles is 1. The van der Waals surface area contributed by atoms with Gasteiger partial charge in [-0.2, -0.15) is 14.0 Å². The van der Waals surface area contributed by atoms with Crippen molar-refractivity contribution in [1.82, 2.24) is 8.75 Å². The number of hydrogen-bond acceptors (Lipinski definition) is 9. The molecule has 1 aromatic heterocycles. The lowest BCUT2D eigenvalue weighted by Crippen LogP contribution is -2.29. The van der Waals surface area contributed by atoms with Gasteiger partial charge >= 0.3 is 5.97 Å². The third kappa shape index (κ3) is 3.20. The molecule has 9 heteroatoms. The van der Waals surface area contributed by atoms with Crippen LogP contribution in [0.3, 0.4) is 0 Å². The number of benzene rings is 3. The van der Waals surface area contributed by atoms with Gasteiger partial charge in [-0.05, 0) is 47.5 Å². The van der Waals surface area contributed by atoms with E-state index in [0.29, 0.717) is 33.8 Å². The van der Waals surface area contributed by atoms with E-state index in [0.717, 1.165) is 28.3 Å². The lowest BCUT2D eigenvalue weighted by molar-refractivity contribution is -0.185. The number of carbonyl (C=O) groups excluding carboxylic acids is 1. The summed E-state index contributed by atoms with van der Waals surface area (Å²) >= 11 is 1.12. The maximum absolute atomic E-state index is 13.2. The molecular formula is C25H15N3O5S. The van der Waals surface area contributed by atoms with Crippen molar-refractivity contribution in [2.45, 2.75) is 12.2 Å². The van der Waals surface area contributed by atoms with E-state index in [1.54, 1.807) is 42.5 Å². The van der Waals surface area contributed by atoms with E-state index >= 15 is 0 Å². The van der Waals surface area contributed by atoms with E-state index in [4.69, 9.17) is 19.5 Å². The molecule has 166 valence electrons. The maximum atomic E-state index is 13.2. The molecular weight excluding hydrogens is 454 g/mol. The van der Waals surface area contributed by atoms with E-state index in [9.17, 15) is 9.90 Å². The third-order valence-electron chi connectivity index (χ3n) is 5.92. The Balaban J connectivity index is 1.52. The first-order valence-electron chi connectivity index (χ1n) is 10.4. The van der Waals surface area contributed by atoms with E-state index in [-0.39, 0.29) is 18.8 Å². The zero-order valence-corrected chi connectivity index (χ0v) is 18.3. The van der Waals surface area contributed by atoms with Crippen LogP contribution in [0.5, 0.6) is 11.5 Å². The maximum Gasteiger partial charge on any atom is 0.342 e. The Morgan fingerprint density at radius 2 is 1.79 bits per heavy atom. The van der Waals surface area contributed by atoms with Crippen LogP contribution in [0.1, 0.15) is 22.3 Å². The largest absolute Gasteiger partial charge is 0.454 e. The van der Waals surface area contributed by atoms with E-state index in [1.165, 1.54) is 0 Å². The van der Waals surface area contributed by atoms with Crippen LogP contribution in [0.25, 0.3) is 16.6 Å². The first kappa shape index (κ1) is 20.4. The van der Waals surface area contributed by atoms with Gasteiger partial charge in [-0.1, -0.05) is 24.3 Å². The number of fused-ring (bicyclic) bond motifs is 2. The van der Waals surface area contributed by atoms with Crippen LogP contribution in [0.2, 0.25) is 0 Å². The number of nitrogens with zero attached hydrogens (tertiary/aromatic N) is 3. The van der Waals surface area contributed by atoms with Crippen LogP contribution >= 0.6 is 11.7 Å². The lowest BCUT2D eigenvalue weighted by Gasteiger charge is -2.25. The van der Waals surface area contributed by atoms with Crippen LogP contribution in [0.15, 0.2) is 66.2 Å². The molecule has 0 saturated heterocycles. The Hall–Kier alpha value is -4.26. The van der Waals surface area contributed by atoms with Crippen molar-refractivity contribution in [3.63, 3.8) is 0 Å². The van der Waals surface area contributed by atoms with E-state index < -0.39 is 11.8 Å². The smallest absolute Gasteiger partial charge is 0.342 e. The number of aliphatic hydroxyl groups is 1. The Kier molecular flexibility index (Phi) is 4.58. The van der Waals surface area contributed by atoms with Gasteiger partial charge in [-0.15, -0.1) is 0 Å². The van der Waals surface area contributed by atoms with Crippen molar-refractivity contribution in [3.05, 3.63) is 88.5 Å². The number of hydrogen-bond donors (Lipinski definition) is 1. The number of esters is 1. The number of carbonyl (C=O) groups is 1. The lowest BCUT2D eigenvalue weighted by atomic mass is 9.87. The normalized spacial score (nSPS) is 18.9. The first-order valence-corrected chi connectivity index (χ1v) is 11.1.